The molecule has 1 saturated heterocycles. The maximum absolute atomic E-state index is 12.3. The van der Waals surface area contributed by atoms with E-state index in [2.05, 4.69) is 0 Å². The second-order valence-corrected chi connectivity index (χ2v) is 5.38. The third-order valence-electron chi connectivity index (χ3n) is 3.51. The third-order valence-corrected chi connectivity index (χ3v) is 3.51. The standard InChI is InChI=1S/C12H15F3N2O4/c13-12(14,15)6-16-4-7(3-9(16)18)11(21)17(5-10(19)20)8-1-2-8/h7-8H,1-6H2,(H,19,20)/t7-/m0/s1. The molecule has 0 aromatic heterocycles. The molecule has 1 atom stereocenters. The molecule has 1 aliphatic heterocycles. The highest BCUT2D eigenvalue weighted by molar-refractivity contribution is 5.91. The van der Waals surface area contributed by atoms with Gasteiger partial charge in [0.05, 0.1) is 5.92 Å². The molecule has 0 unspecified atom stereocenters. The number of hydrogen-bond donors (Lipinski definition) is 1. The van der Waals surface area contributed by atoms with E-state index in [1.54, 1.807) is 0 Å². The average molecular weight is 308 g/mol. The zero-order valence-electron chi connectivity index (χ0n) is 11.1. The molecule has 2 rings (SSSR count). The van der Waals surface area contributed by atoms with Crippen LogP contribution in [-0.2, 0) is 14.4 Å². The van der Waals surface area contributed by atoms with Crippen LogP contribution < -0.4 is 0 Å². The van der Waals surface area contributed by atoms with E-state index in [4.69, 9.17) is 5.11 Å². The highest BCUT2D eigenvalue weighted by atomic mass is 19.4. The topological polar surface area (TPSA) is 77.9 Å². The molecule has 2 fully saturated rings. The van der Waals surface area contributed by atoms with Gasteiger partial charge in [0.15, 0.2) is 0 Å². The number of nitrogens with zero attached hydrogens (tertiary/aromatic N) is 2. The van der Waals surface area contributed by atoms with E-state index in [1.165, 1.54) is 0 Å². The van der Waals surface area contributed by atoms with Gasteiger partial charge in [-0.3, -0.25) is 14.4 Å². The largest absolute Gasteiger partial charge is 0.480 e. The van der Waals surface area contributed by atoms with E-state index in [9.17, 15) is 27.6 Å². The minimum absolute atomic E-state index is 0.166. The predicted octanol–water partition coefficient (Wildman–Crippen LogP) is 0.473. The van der Waals surface area contributed by atoms with Crippen molar-refractivity contribution in [3.63, 3.8) is 0 Å². The fraction of sp³-hybridized carbons (Fsp3) is 0.750. The quantitative estimate of drug-likeness (QED) is 0.801. The van der Waals surface area contributed by atoms with Crippen molar-refractivity contribution in [2.45, 2.75) is 31.5 Å². The molecule has 0 spiro atoms. The molecule has 1 heterocycles. The number of carbonyl (C=O) groups excluding carboxylic acids is 2. The van der Waals surface area contributed by atoms with Gasteiger partial charge >= 0.3 is 12.1 Å². The second-order valence-electron chi connectivity index (χ2n) is 5.38. The molecule has 2 aliphatic rings. The maximum atomic E-state index is 12.3. The Morgan fingerprint density at radius 1 is 1.33 bits per heavy atom. The van der Waals surface area contributed by atoms with Crippen LogP contribution in [0.3, 0.4) is 0 Å². The van der Waals surface area contributed by atoms with E-state index in [-0.39, 0.29) is 19.0 Å². The van der Waals surface area contributed by atoms with E-state index < -0.39 is 43.0 Å². The van der Waals surface area contributed by atoms with Gasteiger partial charge in [0.1, 0.15) is 13.1 Å². The Kier molecular flexibility index (Phi) is 4.11. The summed E-state index contributed by atoms with van der Waals surface area (Å²) < 4.78 is 36.9. The molecule has 1 aliphatic carbocycles. The smallest absolute Gasteiger partial charge is 0.406 e. The van der Waals surface area contributed by atoms with Crippen molar-refractivity contribution in [3.05, 3.63) is 0 Å². The summed E-state index contributed by atoms with van der Waals surface area (Å²) in [5.74, 6) is -3.33. The maximum Gasteiger partial charge on any atom is 0.406 e. The number of carbonyl (C=O) groups is 3. The van der Waals surface area contributed by atoms with Crippen LogP contribution in [0.5, 0.6) is 0 Å². The summed E-state index contributed by atoms with van der Waals surface area (Å²) in [6.07, 6.45) is -3.43. The summed E-state index contributed by atoms with van der Waals surface area (Å²) in [6.45, 7) is -2.16. The van der Waals surface area contributed by atoms with Crippen LogP contribution in [0.2, 0.25) is 0 Å². The van der Waals surface area contributed by atoms with Crippen molar-refractivity contribution in [3.8, 4) is 0 Å². The predicted molar refractivity (Wildman–Crippen MR) is 63.1 cm³/mol. The second kappa shape index (κ2) is 5.53. The van der Waals surface area contributed by atoms with Gasteiger partial charge in [0.2, 0.25) is 11.8 Å². The lowest BCUT2D eigenvalue weighted by Gasteiger charge is -2.24. The summed E-state index contributed by atoms with van der Waals surface area (Å²) in [7, 11) is 0. The van der Waals surface area contributed by atoms with E-state index in [0.29, 0.717) is 17.7 Å². The Balaban J connectivity index is 1.99. The van der Waals surface area contributed by atoms with Gasteiger partial charge in [-0.25, -0.2) is 0 Å². The summed E-state index contributed by atoms with van der Waals surface area (Å²) in [5.41, 5.74) is 0. The number of aliphatic carboxylic acids is 1. The Hall–Kier alpha value is -1.80. The number of hydrogen-bond acceptors (Lipinski definition) is 3. The van der Waals surface area contributed by atoms with Gasteiger partial charge < -0.3 is 14.9 Å². The molecule has 0 radical (unpaired) electrons. The SMILES string of the molecule is O=C(O)CN(C(=O)[C@H]1CC(=O)N(CC(F)(F)F)C1)C1CC1. The third kappa shape index (κ3) is 4.08. The molecule has 1 N–H and O–H groups in total. The summed E-state index contributed by atoms with van der Waals surface area (Å²) in [4.78, 5) is 36.3. The Morgan fingerprint density at radius 3 is 2.43 bits per heavy atom. The van der Waals surface area contributed by atoms with Gasteiger partial charge in [-0.1, -0.05) is 0 Å². The van der Waals surface area contributed by atoms with Crippen molar-refractivity contribution in [1.29, 1.82) is 0 Å². The van der Waals surface area contributed by atoms with E-state index in [0.717, 1.165) is 4.90 Å². The molecule has 1 saturated carbocycles. The lowest BCUT2D eigenvalue weighted by molar-refractivity contribution is -0.157. The van der Waals surface area contributed by atoms with Gasteiger partial charge in [0, 0.05) is 19.0 Å². The molecule has 9 heteroatoms. The van der Waals surface area contributed by atoms with Crippen LogP contribution in [0.25, 0.3) is 0 Å². The van der Waals surface area contributed by atoms with Crippen LogP contribution in [-0.4, -0.2) is 64.5 Å². The zero-order chi connectivity index (χ0) is 15.8. The summed E-state index contributed by atoms with van der Waals surface area (Å²) >= 11 is 0. The minimum Gasteiger partial charge on any atom is -0.480 e. The van der Waals surface area contributed by atoms with Gasteiger partial charge in [-0.2, -0.15) is 13.2 Å². The molecule has 0 aromatic carbocycles. The fourth-order valence-corrected chi connectivity index (χ4v) is 2.46. The Morgan fingerprint density at radius 2 is 1.95 bits per heavy atom. The van der Waals surface area contributed by atoms with Crippen LogP contribution in [0.1, 0.15) is 19.3 Å². The molecule has 118 valence electrons. The number of carboxylic acid groups (broad SMARTS) is 1. The molecular formula is C12H15F3N2O4. The molecule has 6 nitrogen and oxygen atoms in total. The fourth-order valence-electron chi connectivity index (χ4n) is 2.46. The summed E-state index contributed by atoms with van der Waals surface area (Å²) in [5, 5.41) is 8.79. The van der Waals surface area contributed by atoms with Crippen molar-refractivity contribution < 1.29 is 32.7 Å². The highest BCUT2D eigenvalue weighted by Crippen LogP contribution is 2.31. The normalized spacial score (nSPS) is 22.5. The van der Waals surface area contributed by atoms with Crippen molar-refractivity contribution in [1.82, 2.24) is 9.80 Å². The number of likely N-dealkylation sites (tertiary alicyclic amines) is 1. The number of rotatable bonds is 5. The molecule has 21 heavy (non-hydrogen) atoms. The zero-order valence-corrected chi connectivity index (χ0v) is 11.1. The van der Waals surface area contributed by atoms with Crippen molar-refractivity contribution in [2.24, 2.45) is 5.92 Å². The first-order valence-corrected chi connectivity index (χ1v) is 6.54. The lowest BCUT2D eigenvalue weighted by atomic mass is 10.1. The van der Waals surface area contributed by atoms with Crippen LogP contribution >= 0.6 is 0 Å². The molecule has 2 amide bonds. The van der Waals surface area contributed by atoms with Gasteiger partial charge in [-0.15, -0.1) is 0 Å². The first kappa shape index (κ1) is 15.6. The van der Waals surface area contributed by atoms with Gasteiger partial charge in [-0.05, 0) is 12.8 Å². The van der Waals surface area contributed by atoms with Crippen molar-refractivity contribution >= 4 is 17.8 Å². The first-order chi connectivity index (χ1) is 9.67. The van der Waals surface area contributed by atoms with Crippen LogP contribution in [0, 0.1) is 5.92 Å². The molecular weight excluding hydrogens is 293 g/mol. The number of halogens is 3. The number of carboxylic acids is 1. The molecule has 0 aromatic rings. The number of amides is 2. The van der Waals surface area contributed by atoms with E-state index in [1.807, 2.05) is 0 Å². The van der Waals surface area contributed by atoms with Crippen LogP contribution in [0.4, 0.5) is 13.2 Å². The highest BCUT2D eigenvalue weighted by Gasteiger charge is 2.44. The van der Waals surface area contributed by atoms with E-state index >= 15 is 0 Å². The minimum atomic E-state index is -4.51. The first-order valence-electron chi connectivity index (χ1n) is 6.54. The average Bonchev–Trinajstić information content (AvgIpc) is 3.10. The Bertz CT molecular complexity index is 462. The Labute approximate surface area is 118 Å². The van der Waals surface area contributed by atoms with Gasteiger partial charge in [0.25, 0.3) is 0 Å². The van der Waals surface area contributed by atoms with Crippen LogP contribution in [0.15, 0.2) is 0 Å². The monoisotopic (exact) mass is 308 g/mol. The summed E-state index contributed by atoms with van der Waals surface area (Å²) in [6, 6.07) is -0.166. The van der Waals surface area contributed by atoms with Crippen molar-refractivity contribution in [2.75, 3.05) is 19.6 Å². The lowest BCUT2D eigenvalue weighted by Crippen LogP contribution is -2.42. The molecule has 0 bridgehead atoms. The number of alkyl halides is 3.